The van der Waals surface area contributed by atoms with E-state index in [1.807, 2.05) is 13.0 Å². The molecule has 1 aliphatic rings. The molecule has 1 aromatic heterocycles. The Hall–Kier alpha value is -3.03. The molecule has 1 aliphatic carbocycles. The SMILES string of the molecule is CCCCn1c(O)c(C#N)c(C)c(N=Nc2ccc(S(=O)(=O)NC3CCCCC3C)cc2)c1=O. The lowest BCUT2D eigenvalue weighted by Gasteiger charge is -2.29. The molecule has 10 heteroatoms. The smallest absolute Gasteiger partial charge is 0.281 e. The van der Waals surface area contributed by atoms with Crippen molar-refractivity contribution in [2.45, 2.75) is 76.8 Å². The average Bonchev–Trinajstić information content (AvgIpc) is 2.81. The summed E-state index contributed by atoms with van der Waals surface area (Å²) in [6, 6.07) is 7.78. The highest BCUT2D eigenvalue weighted by Gasteiger charge is 2.26. The predicted molar refractivity (Wildman–Crippen MR) is 129 cm³/mol. The fourth-order valence-electron chi connectivity index (χ4n) is 4.14. The van der Waals surface area contributed by atoms with Gasteiger partial charge in [-0.15, -0.1) is 5.11 Å². The minimum Gasteiger partial charge on any atom is -0.493 e. The summed E-state index contributed by atoms with van der Waals surface area (Å²) in [6.45, 7) is 5.82. The van der Waals surface area contributed by atoms with Gasteiger partial charge < -0.3 is 5.11 Å². The number of sulfonamides is 1. The highest BCUT2D eigenvalue weighted by Crippen LogP contribution is 2.28. The Morgan fingerprint density at radius 2 is 1.88 bits per heavy atom. The number of aromatic hydroxyl groups is 1. The molecule has 9 nitrogen and oxygen atoms in total. The average molecular weight is 486 g/mol. The maximum Gasteiger partial charge on any atom is 0.281 e. The molecule has 1 saturated carbocycles. The number of nitriles is 1. The van der Waals surface area contributed by atoms with E-state index in [1.165, 1.54) is 31.2 Å². The molecule has 0 amide bonds. The van der Waals surface area contributed by atoms with Crippen LogP contribution in [0.3, 0.4) is 0 Å². The number of rotatable bonds is 8. The molecule has 0 spiro atoms. The lowest BCUT2D eigenvalue weighted by molar-refractivity contribution is 0.310. The number of benzene rings is 1. The van der Waals surface area contributed by atoms with Crippen molar-refractivity contribution >= 4 is 21.4 Å². The van der Waals surface area contributed by atoms with Gasteiger partial charge >= 0.3 is 0 Å². The lowest BCUT2D eigenvalue weighted by Crippen LogP contribution is -2.40. The minimum absolute atomic E-state index is 0.0193. The molecule has 1 aromatic carbocycles. The maximum atomic E-state index is 12.9. The number of hydrogen-bond donors (Lipinski definition) is 2. The molecule has 3 rings (SSSR count). The Bertz CT molecular complexity index is 1260. The monoisotopic (exact) mass is 485 g/mol. The van der Waals surface area contributed by atoms with Gasteiger partial charge in [0.25, 0.3) is 5.56 Å². The second-order valence-corrected chi connectivity index (χ2v) is 10.5. The zero-order chi connectivity index (χ0) is 24.9. The van der Waals surface area contributed by atoms with Crippen LogP contribution in [0.5, 0.6) is 5.88 Å². The van der Waals surface area contributed by atoms with Crippen LogP contribution >= 0.6 is 0 Å². The van der Waals surface area contributed by atoms with Crippen LogP contribution in [-0.2, 0) is 16.6 Å². The maximum absolute atomic E-state index is 12.9. The van der Waals surface area contributed by atoms with Crippen LogP contribution in [0.15, 0.2) is 44.2 Å². The summed E-state index contributed by atoms with van der Waals surface area (Å²) >= 11 is 0. The van der Waals surface area contributed by atoms with Gasteiger partial charge in [-0.05, 0) is 56.4 Å². The van der Waals surface area contributed by atoms with Gasteiger partial charge in [0.15, 0.2) is 5.69 Å². The van der Waals surface area contributed by atoms with E-state index in [4.69, 9.17) is 0 Å². The van der Waals surface area contributed by atoms with Crippen molar-refractivity contribution in [3.63, 3.8) is 0 Å². The molecule has 0 saturated heterocycles. The van der Waals surface area contributed by atoms with E-state index in [1.54, 1.807) is 0 Å². The molecule has 0 radical (unpaired) electrons. The highest BCUT2D eigenvalue weighted by molar-refractivity contribution is 7.89. The van der Waals surface area contributed by atoms with Crippen LogP contribution in [0.1, 0.15) is 63.5 Å². The molecule has 2 unspecified atom stereocenters. The molecule has 1 fully saturated rings. The number of nitrogens with one attached hydrogen (secondary N) is 1. The van der Waals surface area contributed by atoms with Gasteiger partial charge in [0.1, 0.15) is 11.6 Å². The molecule has 2 N–H and O–H groups in total. The molecular formula is C24H31N5O4S. The fourth-order valence-corrected chi connectivity index (χ4v) is 5.52. The summed E-state index contributed by atoms with van der Waals surface area (Å²) in [5, 5.41) is 27.9. The van der Waals surface area contributed by atoms with Crippen molar-refractivity contribution < 1.29 is 13.5 Å². The quantitative estimate of drug-likeness (QED) is 0.517. The summed E-state index contributed by atoms with van der Waals surface area (Å²) in [5.74, 6) is -0.0726. The van der Waals surface area contributed by atoms with Gasteiger partial charge in [-0.3, -0.25) is 9.36 Å². The number of pyridine rings is 1. The third kappa shape index (κ3) is 5.54. The molecule has 0 aliphatic heterocycles. The van der Waals surface area contributed by atoms with Crippen LogP contribution in [0.25, 0.3) is 0 Å². The molecule has 34 heavy (non-hydrogen) atoms. The lowest BCUT2D eigenvalue weighted by atomic mass is 9.87. The van der Waals surface area contributed by atoms with Crippen molar-refractivity contribution in [3.8, 4) is 11.9 Å². The largest absolute Gasteiger partial charge is 0.493 e. The van der Waals surface area contributed by atoms with Gasteiger partial charge in [-0.25, -0.2) is 13.1 Å². The first kappa shape index (κ1) is 25.6. The fraction of sp³-hybridized carbons (Fsp3) is 0.500. The van der Waals surface area contributed by atoms with Crippen LogP contribution in [0.2, 0.25) is 0 Å². The van der Waals surface area contributed by atoms with Crippen molar-refractivity contribution in [1.29, 1.82) is 5.26 Å². The van der Waals surface area contributed by atoms with Crippen LogP contribution in [0.4, 0.5) is 11.4 Å². The van der Waals surface area contributed by atoms with Gasteiger partial charge in [0.05, 0.1) is 10.6 Å². The Labute approximate surface area is 200 Å². The van der Waals surface area contributed by atoms with E-state index in [0.717, 1.165) is 36.7 Å². The highest BCUT2D eigenvalue weighted by atomic mass is 32.2. The van der Waals surface area contributed by atoms with E-state index in [2.05, 4.69) is 21.9 Å². The Balaban J connectivity index is 1.85. The number of unbranched alkanes of at least 4 members (excludes halogenated alkanes) is 1. The minimum atomic E-state index is -3.66. The van der Waals surface area contributed by atoms with E-state index in [-0.39, 0.29) is 40.2 Å². The van der Waals surface area contributed by atoms with Crippen LogP contribution in [-0.4, -0.2) is 24.1 Å². The Morgan fingerprint density at radius 3 is 2.50 bits per heavy atom. The van der Waals surface area contributed by atoms with E-state index < -0.39 is 15.6 Å². The number of nitrogens with zero attached hydrogens (tertiary/aromatic N) is 4. The van der Waals surface area contributed by atoms with Crippen LogP contribution < -0.4 is 10.3 Å². The summed E-state index contributed by atoms with van der Waals surface area (Å²) in [5.41, 5.74) is 0.0161. The number of azo groups is 1. The second kappa shape index (κ2) is 10.9. The Morgan fingerprint density at radius 1 is 1.21 bits per heavy atom. The molecule has 0 bridgehead atoms. The van der Waals surface area contributed by atoms with Gasteiger partial charge in [0.2, 0.25) is 15.9 Å². The van der Waals surface area contributed by atoms with E-state index >= 15 is 0 Å². The summed E-state index contributed by atoms with van der Waals surface area (Å²) < 4.78 is 29.5. The number of aromatic nitrogens is 1. The van der Waals surface area contributed by atoms with E-state index in [0.29, 0.717) is 18.0 Å². The third-order valence-electron chi connectivity index (χ3n) is 6.33. The van der Waals surface area contributed by atoms with Gasteiger partial charge in [0, 0.05) is 18.2 Å². The summed E-state index contributed by atoms with van der Waals surface area (Å²) in [4.78, 5) is 13.0. The molecular weight excluding hydrogens is 454 g/mol. The standard InChI is InChI=1S/C24H31N5O4S/c1-4-5-14-29-23(30)20(15-25)17(3)22(24(29)31)27-26-18-10-12-19(13-11-18)34(32,33)28-21-9-7-6-8-16(21)2/h10-13,16,21,28,30H,4-9,14H2,1-3H3. The summed E-state index contributed by atoms with van der Waals surface area (Å²) in [6.07, 6.45) is 5.44. The predicted octanol–water partition coefficient (Wildman–Crippen LogP) is 4.81. The van der Waals surface area contributed by atoms with Gasteiger partial charge in [-0.2, -0.15) is 10.4 Å². The molecule has 2 aromatic rings. The van der Waals surface area contributed by atoms with Crippen molar-refractivity contribution in [3.05, 3.63) is 45.7 Å². The Kier molecular flexibility index (Phi) is 8.23. The van der Waals surface area contributed by atoms with E-state index in [9.17, 15) is 23.6 Å². The first-order valence-electron chi connectivity index (χ1n) is 11.6. The molecule has 182 valence electrons. The van der Waals surface area contributed by atoms with Crippen LogP contribution in [0, 0.1) is 24.2 Å². The molecule has 1 heterocycles. The first-order chi connectivity index (χ1) is 16.2. The normalized spacial score (nSPS) is 18.8. The second-order valence-electron chi connectivity index (χ2n) is 8.78. The van der Waals surface area contributed by atoms with Crippen molar-refractivity contribution in [2.75, 3.05) is 0 Å². The topological polar surface area (TPSA) is 137 Å². The third-order valence-corrected chi connectivity index (χ3v) is 7.84. The molecule has 2 atom stereocenters. The van der Waals surface area contributed by atoms with Crippen molar-refractivity contribution in [1.82, 2.24) is 9.29 Å². The number of hydrogen-bond acceptors (Lipinski definition) is 7. The van der Waals surface area contributed by atoms with Crippen molar-refractivity contribution in [2.24, 2.45) is 16.1 Å². The zero-order valence-electron chi connectivity index (χ0n) is 19.8. The first-order valence-corrected chi connectivity index (χ1v) is 13.1. The zero-order valence-corrected chi connectivity index (χ0v) is 20.6. The summed E-state index contributed by atoms with van der Waals surface area (Å²) in [7, 11) is -3.66. The van der Waals surface area contributed by atoms with Gasteiger partial charge in [-0.1, -0.05) is 33.1 Å².